The first kappa shape index (κ1) is 16.1. The molecular weight excluding hydrogens is 356 g/mol. The van der Waals surface area contributed by atoms with Crippen LogP contribution in [0.5, 0.6) is 0 Å². The number of benzene rings is 2. The van der Waals surface area contributed by atoms with Gasteiger partial charge < -0.3 is 5.32 Å². The molecule has 6 heteroatoms. The first-order valence-corrected chi connectivity index (χ1v) is 9.68. The van der Waals surface area contributed by atoms with Crippen molar-refractivity contribution in [2.24, 2.45) is 0 Å². The van der Waals surface area contributed by atoms with Crippen LogP contribution in [-0.4, -0.2) is 20.9 Å². The summed E-state index contributed by atoms with van der Waals surface area (Å²) in [4.78, 5) is 25.9. The van der Waals surface area contributed by atoms with Gasteiger partial charge >= 0.3 is 0 Å². The summed E-state index contributed by atoms with van der Waals surface area (Å²) >= 11 is 1.64. The summed E-state index contributed by atoms with van der Waals surface area (Å²) in [6, 6.07) is 17.5. The van der Waals surface area contributed by atoms with Gasteiger partial charge in [0.05, 0.1) is 10.2 Å². The number of anilines is 1. The number of amides is 1. The van der Waals surface area contributed by atoms with Gasteiger partial charge in [-0.05, 0) is 43.2 Å². The van der Waals surface area contributed by atoms with E-state index in [2.05, 4.69) is 26.3 Å². The second-order valence-corrected chi connectivity index (χ2v) is 7.63. The molecule has 4 aromatic rings. The summed E-state index contributed by atoms with van der Waals surface area (Å²) in [5, 5.41) is 3.87. The van der Waals surface area contributed by atoms with Gasteiger partial charge in [0, 0.05) is 23.4 Å². The Morgan fingerprint density at radius 2 is 1.93 bits per heavy atom. The molecule has 0 bridgehead atoms. The molecule has 1 aliphatic rings. The third kappa shape index (κ3) is 3.31. The van der Waals surface area contributed by atoms with Crippen molar-refractivity contribution in [2.45, 2.75) is 18.8 Å². The van der Waals surface area contributed by atoms with Gasteiger partial charge in [0.15, 0.2) is 0 Å². The minimum Gasteiger partial charge on any atom is -0.321 e. The van der Waals surface area contributed by atoms with E-state index in [0.717, 1.165) is 45.1 Å². The van der Waals surface area contributed by atoms with E-state index in [1.807, 2.05) is 42.5 Å². The number of hydrogen-bond acceptors (Lipinski definition) is 5. The highest BCUT2D eigenvalue weighted by Crippen LogP contribution is 2.37. The van der Waals surface area contributed by atoms with Crippen LogP contribution in [0.1, 0.15) is 35.1 Å². The molecule has 1 amide bonds. The van der Waals surface area contributed by atoms with Gasteiger partial charge in [0.2, 0.25) is 0 Å². The van der Waals surface area contributed by atoms with E-state index in [0.29, 0.717) is 11.6 Å². The smallest absolute Gasteiger partial charge is 0.274 e. The Bertz CT molecular complexity index is 1120. The number of carbonyl (C=O) groups is 1. The zero-order valence-electron chi connectivity index (χ0n) is 14.4. The molecule has 1 saturated carbocycles. The van der Waals surface area contributed by atoms with Crippen molar-refractivity contribution in [2.75, 3.05) is 5.32 Å². The highest BCUT2D eigenvalue weighted by Gasteiger charge is 2.27. The summed E-state index contributed by atoms with van der Waals surface area (Å²) in [7, 11) is 0. The van der Waals surface area contributed by atoms with E-state index in [1.54, 1.807) is 23.6 Å². The quantitative estimate of drug-likeness (QED) is 0.554. The number of para-hydroxylation sites is 1. The van der Waals surface area contributed by atoms with Crippen LogP contribution in [0.25, 0.3) is 20.8 Å². The average molecular weight is 372 g/mol. The number of rotatable bonds is 4. The van der Waals surface area contributed by atoms with Crippen molar-refractivity contribution in [1.82, 2.24) is 15.0 Å². The van der Waals surface area contributed by atoms with E-state index < -0.39 is 0 Å². The average Bonchev–Trinajstić information content (AvgIpc) is 3.47. The monoisotopic (exact) mass is 372 g/mol. The molecule has 0 aliphatic heterocycles. The highest BCUT2D eigenvalue weighted by molar-refractivity contribution is 7.21. The van der Waals surface area contributed by atoms with Gasteiger partial charge in [-0.3, -0.25) is 4.79 Å². The maximum absolute atomic E-state index is 12.6. The van der Waals surface area contributed by atoms with Gasteiger partial charge in [0.25, 0.3) is 5.91 Å². The molecule has 1 N–H and O–H groups in total. The lowest BCUT2D eigenvalue weighted by molar-refractivity contribution is 0.102. The zero-order valence-corrected chi connectivity index (χ0v) is 15.2. The number of aromatic nitrogens is 3. The van der Waals surface area contributed by atoms with Crippen molar-refractivity contribution in [3.8, 4) is 10.6 Å². The molecule has 5 nitrogen and oxygen atoms in total. The second-order valence-electron chi connectivity index (χ2n) is 6.60. The first-order valence-electron chi connectivity index (χ1n) is 8.86. The van der Waals surface area contributed by atoms with Crippen LogP contribution in [0.4, 0.5) is 5.69 Å². The molecule has 5 rings (SSSR count). The van der Waals surface area contributed by atoms with Crippen molar-refractivity contribution in [3.05, 3.63) is 72.3 Å². The van der Waals surface area contributed by atoms with Gasteiger partial charge in [-0.15, -0.1) is 11.3 Å². The fourth-order valence-corrected chi connectivity index (χ4v) is 3.92. The molecule has 2 aromatic carbocycles. The van der Waals surface area contributed by atoms with Crippen molar-refractivity contribution < 1.29 is 4.79 Å². The lowest BCUT2D eigenvalue weighted by atomic mass is 10.2. The highest BCUT2D eigenvalue weighted by atomic mass is 32.1. The van der Waals surface area contributed by atoms with Gasteiger partial charge in [-0.1, -0.05) is 24.3 Å². The second kappa shape index (κ2) is 6.55. The van der Waals surface area contributed by atoms with Crippen molar-refractivity contribution in [3.63, 3.8) is 0 Å². The SMILES string of the molecule is O=C(Nc1cccc(-c2nc3ccccc3s2)c1)c1ccnc(C2CC2)n1. The molecule has 1 aliphatic carbocycles. The molecule has 0 spiro atoms. The molecule has 0 atom stereocenters. The van der Waals surface area contributed by atoms with E-state index in [9.17, 15) is 4.79 Å². The number of hydrogen-bond donors (Lipinski definition) is 1. The molecule has 27 heavy (non-hydrogen) atoms. The van der Waals surface area contributed by atoms with E-state index in [1.165, 1.54) is 0 Å². The minimum absolute atomic E-state index is 0.222. The summed E-state index contributed by atoms with van der Waals surface area (Å²) in [6.45, 7) is 0. The number of nitrogens with zero attached hydrogens (tertiary/aromatic N) is 3. The topological polar surface area (TPSA) is 67.8 Å². The van der Waals surface area contributed by atoms with E-state index in [-0.39, 0.29) is 5.91 Å². The molecule has 132 valence electrons. The van der Waals surface area contributed by atoms with Crippen molar-refractivity contribution >= 4 is 33.1 Å². The fourth-order valence-electron chi connectivity index (χ4n) is 2.96. The standard InChI is InChI=1S/C21H16N4OS/c26-20(17-10-11-22-19(24-17)13-8-9-13)23-15-5-3-4-14(12-15)21-25-16-6-1-2-7-18(16)27-21/h1-7,10-13H,8-9H2,(H,23,26). The molecular formula is C21H16N4OS. The summed E-state index contributed by atoms with van der Waals surface area (Å²) in [6.07, 6.45) is 3.87. The lowest BCUT2D eigenvalue weighted by Crippen LogP contribution is -2.14. The lowest BCUT2D eigenvalue weighted by Gasteiger charge is -2.07. The van der Waals surface area contributed by atoms with Crippen LogP contribution >= 0.6 is 11.3 Å². The third-order valence-electron chi connectivity index (χ3n) is 4.51. The molecule has 2 heterocycles. The molecule has 2 aromatic heterocycles. The third-order valence-corrected chi connectivity index (χ3v) is 5.60. The van der Waals surface area contributed by atoms with Crippen LogP contribution in [0.15, 0.2) is 60.8 Å². The predicted molar refractivity (Wildman–Crippen MR) is 107 cm³/mol. The number of fused-ring (bicyclic) bond motifs is 1. The molecule has 0 saturated heterocycles. The van der Waals surface area contributed by atoms with Crippen LogP contribution in [0, 0.1) is 0 Å². The van der Waals surface area contributed by atoms with Gasteiger partial charge in [-0.2, -0.15) is 0 Å². The summed E-state index contributed by atoms with van der Waals surface area (Å²) in [5.41, 5.74) is 3.09. The molecule has 1 fully saturated rings. The maximum Gasteiger partial charge on any atom is 0.274 e. The van der Waals surface area contributed by atoms with Gasteiger partial charge in [0.1, 0.15) is 16.5 Å². The zero-order chi connectivity index (χ0) is 18.2. The molecule has 0 unspecified atom stereocenters. The van der Waals surface area contributed by atoms with Crippen molar-refractivity contribution in [1.29, 1.82) is 0 Å². The summed E-state index contributed by atoms with van der Waals surface area (Å²) in [5.74, 6) is 0.965. The Morgan fingerprint density at radius 1 is 1.04 bits per heavy atom. The summed E-state index contributed by atoms with van der Waals surface area (Å²) < 4.78 is 1.15. The number of thiazole rings is 1. The maximum atomic E-state index is 12.6. The fraction of sp³-hybridized carbons (Fsp3) is 0.143. The molecule has 0 radical (unpaired) electrons. The normalized spacial score (nSPS) is 13.6. The number of carbonyl (C=O) groups excluding carboxylic acids is 1. The Morgan fingerprint density at radius 3 is 2.78 bits per heavy atom. The van der Waals surface area contributed by atoms with Crippen LogP contribution in [-0.2, 0) is 0 Å². The Labute approximate surface area is 160 Å². The van der Waals surface area contributed by atoms with E-state index >= 15 is 0 Å². The Kier molecular flexibility index (Phi) is 3.90. The van der Waals surface area contributed by atoms with E-state index in [4.69, 9.17) is 0 Å². The van der Waals surface area contributed by atoms with Crippen LogP contribution in [0.2, 0.25) is 0 Å². The Hall–Kier alpha value is -3.12. The first-order chi connectivity index (χ1) is 13.3. The number of nitrogens with one attached hydrogen (secondary N) is 1. The van der Waals surface area contributed by atoms with Gasteiger partial charge in [-0.25, -0.2) is 15.0 Å². The predicted octanol–water partition coefficient (Wildman–Crippen LogP) is 4.88. The largest absolute Gasteiger partial charge is 0.321 e. The van der Waals surface area contributed by atoms with Crippen LogP contribution in [0.3, 0.4) is 0 Å². The minimum atomic E-state index is -0.222. The Balaban J connectivity index is 1.40. The van der Waals surface area contributed by atoms with Crippen LogP contribution < -0.4 is 5.32 Å².